The van der Waals surface area contributed by atoms with E-state index >= 15 is 0 Å². The highest BCUT2D eigenvalue weighted by Crippen LogP contribution is 2.26. The van der Waals surface area contributed by atoms with Crippen LogP contribution in [0.5, 0.6) is 0 Å². The molecule has 2 fully saturated rings. The van der Waals surface area contributed by atoms with Crippen molar-refractivity contribution in [3.8, 4) is 0 Å². The molecule has 0 aliphatic carbocycles. The molecule has 2 aliphatic rings. The van der Waals surface area contributed by atoms with Crippen molar-refractivity contribution in [2.75, 3.05) is 46.6 Å². The second-order valence-corrected chi connectivity index (χ2v) is 9.28. The van der Waals surface area contributed by atoms with E-state index in [1.165, 1.54) is 12.1 Å². The minimum atomic E-state index is -3.66. The van der Waals surface area contributed by atoms with Crippen LogP contribution in [0.25, 0.3) is 0 Å². The molecule has 26 heavy (non-hydrogen) atoms. The lowest BCUT2D eigenvalue weighted by Gasteiger charge is -2.37. The molecule has 1 amide bonds. The van der Waals surface area contributed by atoms with E-state index in [-0.39, 0.29) is 16.2 Å². The lowest BCUT2D eigenvalue weighted by atomic mass is 9.89. The van der Waals surface area contributed by atoms with Crippen LogP contribution in [0.1, 0.15) is 23.7 Å². The Morgan fingerprint density at radius 2 is 2.19 bits per heavy atom. The molecule has 144 valence electrons. The Morgan fingerprint density at radius 1 is 1.42 bits per heavy atom. The third kappa shape index (κ3) is 4.25. The molecule has 1 aromatic carbocycles. The van der Waals surface area contributed by atoms with Crippen LogP contribution in [0.3, 0.4) is 0 Å². The maximum atomic E-state index is 12.7. The van der Waals surface area contributed by atoms with Crippen LogP contribution in [0.15, 0.2) is 29.2 Å². The molecule has 8 heteroatoms. The van der Waals surface area contributed by atoms with Gasteiger partial charge < -0.3 is 14.4 Å². The Labute approximate surface area is 154 Å². The number of hydrogen-bond acceptors (Lipinski definition) is 5. The van der Waals surface area contributed by atoms with Crippen molar-refractivity contribution in [3.05, 3.63) is 29.8 Å². The van der Waals surface area contributed by atoms with Crippen molar-refractivity contribution in [3.63, 3.8) is 0 Å². The van der Waals surface area contributed by atoms with Gasteiger partial charge in [0.25, 0.3) is 5.91 Å². The van der Waals surface area contributed by atoms with Crippen molar-refractivity contribution in [2.45, 2.75) is 18.2 Å². The summed E-state index contributed by atoms with van der Waals surface area (Å²) in [7, 11) is -2.01. The minimum Gasteiger partial charge on any atom is -0.384 e. The molecule has 0 aromatic heterocycles. The third-order valence-corrected chi connectivity index (χ3v) is 6.36. The quantitative estimate of drug-likeness (QED) is 0.764. The Kier molecular flexibility index (Phi) is 5.67. The van der Waals surface area contributed by atoms with Gasteiger partial charge in [-0.2, -0.15) is 0 Å². The lowest BCUT2D eigenvalue weighted by Crippen LogP contribution is -2.48. The van der Waals surface area contributed by atoms with Crippen molar-refractivity contribution >= 4 is 15.9 Å². The molecule has 7 nitrogen and oxygen atoms in total. The largest absolute Gasteiger partial charge is 0.384 e. The van der Waals surface area contributed by atoms with Crippen molar-refractivity contribution in [1.29, 1.82) is 0 Å². The molecule has 1 N–H and O–H groups in total. The molecule has 2 heterocycles. The van der Waals surface area contributed by atoms with Crippen molar-refractivity contribution < 1.29 is 22.7 Å². The molecule has 0 saturated carbocycles. The Morgan fingerprint density at radius 3 is 2.85 bits per heavy atom. The molecule has 1 atom stereocenters. The summed E-state index contributed by atoms with van der Waals surface area (Å²) in [4.78, 5) is 14.6. The zero-order valence-electron chi connectivity index (χ0n) is 15.2. The zero-order chi connectivity index (χ0) is 18.8. The molecular formula is C18H26N2O5S. The summed E-state index contributed by atoms with van der Waals surface area (Å²) in [6, 6.07) is 6.23. The van der Waals surface area contributed by atoms with Gasteiger partial charge in [-0.05, 0) is 24.6 Å². The maximum absolute atomic E-state index is 12.7. The fourth-order valence-corrected chi connectivity index (χ4v) is 4.52. The van der Waals surface area contributed by atoms with Gasteiger partial charge in [-0.1, -0.05) is 13.0 Å². The molecular weight excluding hydrogens is 356 g/mol. The Hall–Kier alpha value is -1.48. The number of nitrogens with one attached hydrogen (secondary N) is 1. The summed E-state index contributed by atoms with van der Waals surface area (Å²) >= 11 is 0. The summed E-state index contributed by atoms with van der Waals surface area (Å²) in [5.74, 6) is 0.197. The Bertz CT molecular complexity index is 761. The molecule has 0 bridgehead atoms. The predicted octanol–water partition coefficient (Wildman–Crippen LogP) is 1.11. The fraction of sp³-hybridized carbons (Fsp3) is 0.611. The summed E-state index contributed by atoms with van der Waals surface area (Å²) < 4.78 is 38.1. The van der Waals surface area contributed by atoms with E-state index in [0.29, 0.717) is 50.9 Å². The standard InChI is InChI=1S/C18H26N2O5S/c1-18(12-25-13-18)11-19-26(22,23)16-5-3-4-15(8-16)17(21)20-7-6-14(9-20)10-24-2/h3-5,8,14,19H,6-7,9-13H2,1-2H3/t14-/m1/s1. The fourth-order valence-electron chi connectivity index (χ4n) is 3.27. The van der Waals surface area contributed by atoms with Crippen LogP contribution < -0.4 is 4.72 Å². The van der Waals surface area contributed by atoms with Gasteiger partial charge in [-0.25, -0.2) is 13.1 Å². The van der Waals surface area contributed by atoms with E-state index in [9.17, 15) is 13.2 Å². The van der Waals surface area contributed by atoms with E-state index in [1.54, 1.807) is 24.1 Å². The van der Waals surface area contributed by atoms with Crippen molar-refractivity contribution in [1.82, 2.24) is 9.62 Å². The minimum absolute atomic E-state index is 0.111. The van der Waals surface area contributed by atoms with Crippen LogP contribution >= 0.6 is 0 Å². The van der Waals surface area contributed by atoms with Crippen LogP contribution in [0.4, 0.5) is 0 Å². The first-order chi connectivity index (χ1) is 12.3. The number of methoxy groups -OCH3 is 1. The van der Waals surface area contributed by atoms with E-state index < -0.39 is 10.0 Å². The van der Waals surface area contributed by atoms with Gasteiger partial charge in [0.1, 0.15) is 0 Å². The van der Waals surface area contributed by atoms with Gasteiger partial charge in [0.2, 0.25) is 10.0 Å². The SMILES string of the molecule is COC[C@@H]1CCN(C(=O)c2cccc(S(=O)(=O)NCC3(C)COC3)c2)C1. The number of sulfonamides is 1. The van der Waals surface area contributed by atoms with Crippen LogP contribution in [0.2, 0.25) is 0 Å². The molecule has 1 aromatic rings. The van der Waals surface area contributed by atoms with E-state index in [0.717, 1.165) is 6.42 Å². The monoisotopic (exact) mass is 382 g/mol. The molecule has 0 unspecified atom stereocenters. The molecule has 2 aliphatic heterocycles. The van der Waals surface area contributed by atoms with Crippen LogP contribution in [-0.4, -0.2) is 65.8 Å². The number of benzene rings is 1. The van der Waals surface area contributed by atoms with E-state index in [2.05, 4.69) is 4.72 Å². The molecule has 3 rings (SSSR count). The highest BCUT2D eigenvalue weighted by Gasteiger charge is 2.35. The predicted molar refractivity (Wildman–Crippen MR) is 96.4 cm³/mol. The van der Waals surface area contributed by atoms with Crippen LogP contribution in [0, 0.1) is 11.3 Å². The van der Waals surface area contributed by atoms with Gasteiger partial charge in [0.05, 0.1) is 24.7 Å². The number of likely N-dealkylation sites (tertiary alicyclic amines) is 1. The van der Waals surface area contributed by atoms with E-state index in [4.69, 9.17) is 9.47 Å². The number of ether oxygens (including phenoxy) is 2. The average molecular weight is 382 g/mol. The topological polar surface area (TPSA) is 84.9 Å². The molecule has 0 radical (unpaired) electrons. The first-order valence-electron chi connectivity index (χ1n) is 8.79. The van der Waals surface area contributed by atoms with Crippen molar-refractivity contribution in [2.24, 2.45) is 11.3 Å². The molecule has 0 spiro atoms. The number of hydrogen-bond donors (Lipinski definition) is 1. The van der Waals surface area contributed by atoms with Crippen LogP contribution in [-0.2, 0) is 19.5 Å². The number of amides is 1. The Balaban J connectivity index is 1.68. The average Bonchev–Trinajstić information content (AvgIpc) is 3.07. The number of nitrogens with zero attached hydrogens (tertiary/aromatic N) is 1. The third-order valence-electron chi connectivity index (χ3n) is 4.96. The first kappa shape index (κ1) is 19.3. The second kappa shape index (κ2) is 7.64. The normalized spacial score (nSPS) is 22.2. The molecule has 2 saturated heterocycles. The highest BCUT2D eigenvalue weighted by molar-refractivity contribution is 7.89. The number of rotatable bonds is 7. The van der Waals surface area contributed by atoms with Gasteiger partial charge in [-0.3, -0.25) is 4.79 Å². The van der Waals surface area contributed by atoms with Gasteiger partial charge in [-0.15, -0.1) is 0 Å². The second-order valence-electron chi connectivity index (χ2n) is 7.52. The smallest absolute Gasteiger partial charge is 0.253 e. The number of carbonyl (C=O) groups is 1. The zero-order valence-corrected chi connectivity index (χ0v) is 16.0. The number of carbonyl (C=O) groups excluding carboxylic acids is 1. The summed E-state index contributed by atoms with van der Waals surface area (Å²) in [5, 5.41) is 0. The maximum Gasteiger partial charge on any atom is 0.253 e. The van der Waals surface area contributed by atoms with Gasteiger partial charge >= 0.3 is 0 Å². The van der Waals surface area contributed by atoms with Gasteiger partial charge in [0.15, 0.2) is 0 Å². The van der Waals surface area contributed by atoms with Gasteiger partial charge in [0, 0.05) is 43.6 Å². The summed E-state index contributed by atoms with van der Waals surface area (Å²) in [6.45, 7) is 5.32. The lowest BCUT2D eigenvalue weighted by molar-refractivity contribution is -0.0965. The summed E-state index contributed by atoms with van der Waals surface area (Å²) in [6.07, 6.45) is 0.903. The van der Waals surface area contributed by atoms with E-state index in [1.807, 2.05) is 6.92 Å². The summed E-state index contributed by atoms with van der Waals surface area (Å²) in [5.41, 5.74) is 0.232. The first-order valence-corrected chi connectivity index (χ1v) is 10.3. The highest BCUT2D eigenvalue weighted by atomic mass is 32.2.